The van der Waals surface area contributed by atoms with Gasteiger partial charge < -0.3 is 10.2 Å². The number of hydrogen-bond acceptors (Lipinski definition) is 2. The van der Waals surface area contributed by atoms with Crippen LogP contribution < -0.4 is 0 Å². The molecule has 58 valence electrons. The highest BCUT2D eigenvalue weighted by Gasteiger charge is 1.96. The van der Waals surface area contributed by atoms with Crippen LogP contribution in [0.15, 0.2) is 24.3 Å². The minimum Gasteiger partial charge on any atom is -0.508 e. The number of phenols is 2. The van der Waals surface area contributed by atoms with E-state index in [1.807, 2.05) is 6.92 Å². The van der Waals surface area contributed by atoms with Crippen LogP contribution in [0.4, 0.5) is 0 Å². The SMILES string of the molecule is CC=Cc1cc(O)ccc1O. The van der Waals surface area contributed by atoms with Gasteiger partial charge in [-0.1, -0.05) is 12.2 Å². The van der Waals surface area contributed by atoms with Crippen LogP contribution >= 0.6 is 0 Å². The molecule has 0 radical (unpaired) electrons. The van der Waals surface area contributed by atoms with Gasteiger partial charge in [0.25, 0.3) is 0 Å². The number of rotatable bonds is 1. The van der Waals surface area contributed by atoms with E-state index in [1.54, 1.807) is 12.2 Å². The third kappa shape index (κ3) is 1.74. The molecule has 11 heavy (non-hydrogen) atoms. The molecule has 0 atom stereocenters. The van der Waals surface area contributed by atoms with Gasteiger partial charge in [-0.3, -0.25) is 0 Å². The molecule has 2 nitrogen and oxygen atoms in total. The van der Waals surface area contributed by atoms with Crippen LogP contribution in [0.5, 0.6) is 11.5 Å². The third-order valence-corrected chi connectivity index (χ3v) is 1.36. The summed E-state index contributed by atoms with van der Waals surface area (Å²) in [5, 5.41) is 18.2. The lowest BCUT2D eigenvalue weighted by Crippen LogP contribution is -1.73. The summed E-state index contributed by atoms with van der Waals surface area (Å²) < 4.78 is 0. The van der Waals surface area contributed by atoms with Crippen molar-refractivity contribution in [3.8, 4) is 11.5 Å². The smallest absolute Gasteiger partial charge is 0.123 e. The molecule has 0 aliphatic carbocycles. The minimum atomic E-state index is 0.163. The summed E-state index contributed by atoms with van der Waals surface area (Å²) in [6, 6.07) is 4.42. The lowest BCUT2D eigenvalue weighted by Gasteiger charge is -1.98. The first-order chi connectivity index (χ1) is 5.24. The van der Waals surface area contributed by atoms with Crippen LogP contribution in [-0.4, -0.2) is 10.2 Å². The maximum atomic E-state index is 9.20. The van der Waals surface area contributed by atoms with Gasteiger partial charge in [0.05, 0.1) is 0 Å². The predicted molar refractivity (Wildman–Crippen MR) is 44.5 cm³/mol. The first-order valence-corrected chi connectivity index (χ1v) is 3.38. The van der Waals surface area contributed by atoms with Crippen molar-refractivity contribution in [3.63, 3.8) is 0 Å². The maximum absolute atomic E-state index is 9.20. The molecule has 1 aromatic carbocycles. The molecule has 0 fully saturated rings. The van der Waals surface area contributed by atoms with E-state index in [9.17, 15) is 5.11 Å². The van der Waals surface area contributed by atoms with E-state index < -0.39 is 0 Å². The highest BCUT2D eigenvalue weighted by atomic mass is 16.3. The number of hydrogen-bond donors (Lipinski definition) is 2. The lowest BCUT2D eigenvalue weighted by molar-refractivity contribution is 0.459. The molecular weight excluding hydrogens is 140 g/mol. The van der Waals surface area contributed by atoms with Gasteiger partial charge in [0.15, 0.2) is 0 Å². The monoisotopic (exact) mass is 150 g/mol. The first kappa shape index (κ1) is 7.66. The molecule has 0 unspecified atom stereocenters. The van der Waals surface area contributed by atoms with Crippen LogP contribution in [0.25, 0.3) is 6.08 Å². The fraction of sp³-hybridized carbons (Fsp3) is 0.111. The molecule has 0 heterocycles. The third-order valence-electron chi connectivity index (χ3n) is 1.36. The molecular formula is C9H10O2. The molecule has 0 spiro atoms. The lowest BCUT2D eigenvalue weighted by atomic mass is 10.2. The van der Waals surface area contributed by atoms with Gasteiger partial charge >= 0.3 is 0 Å². The van der Waals surface area contributed by atoms with Crippen LogP contribution in [0, 0.1) is 0 Å². The van der Waals surface area contributed by atoms with E-state index >= 15 is 0 Å². The standard InChI is InChI=1S/C9H10O2/c1-2-3-7-6-8(10)4-5-9(7)11/h2-6,10-11H,1H3. The first-order valence-electron chi connectivity index (χ1n) is 3.38. The van der Waals surface area contributed by atoms with Crippen molar-refractivity contribution in [2.24, 2.45) is 0 Å². The van der Waals surface area contributed by atoms with Gasteiger partial charge in [-0.15, -0.1) is 0 Å². The molecule has 0 saturated heterocycles. The second-order valence-corrected chi connectivity index (χ2v) is 2.24. The summed E-state index contributed by atoms with van der Waals surface area (Å²) in [6.45, 7) is 1.85. The zero-order chi connectivity index (χ0) is 8.27. The summed E-state index contributed by atoms with van der Waals surface area (Å²) in [5.74, 6) is 0.344. The summed E-state index contributed by atoms with van der Waals surface area (Å²) in [4.78, 5) is 0. The normalized spacial score (nSPS) is 10.6. The number of benzene rings is 1. The van der Waals surface area contributed by atoms with Gasteiger partial charge in [-0.25, -0.2) is 0 Å². The van der Waals surface area contributed by atoms with Crippen molar-refractivity contribution < 1.29 is 10.2 Å². The fourth-order valence-electron chi connectivity index (χ4n) is 0.855. The zero-order valence-corrected chi connectivity index (χ0v) is 6.28. The number of allylic oxidation sites excluding steroid dienone is 1. The Morgan fingerprint density at radius 1 is 1.27 bits per heavy atom. The average Bonchev–Trinajstić information content (AvgIpc) is 1.98. The molecule has 0 aliphatic heterocycles. The highest BCUT2D eigenvalue weighted by molar-refractivity contribution is 5.58. The Labute approximate surface area is 65.4 Å². The van der Waals surface area contributed by atoms with Crippen molar-refractivity contribution in [1.82, 2.24) is 0 Å². The quantitative estimate of drug-likeness (QED) is 0.602. The van der Waals surface area contributed by atoms with Gasteiger partial charge in [-0.05, 0) is 25.1 Å². The fourth-order valence-corrected chi connectivity index (χ4v) is 0.855. The second-order valence-electron chi connectivity index (χ2n) is 2.24. The molecule has 1 rings (SSSR count). The summed E-state index contributed by atoms with van der Waals surface area (Å²) >= 11 is 0. The van der Waals surface area contributed by atoms with Gasteiger partial charge in [0, 0.05) is 5.56 Å². The molecule has 0 bridgehead atoms. The molecule has 2 N–H and O–H groups in total. The minimum absolute atomic E-state index is 0.163. The van der Waals surface area contributed by atoms with E-state index in [4.69, 9.17) is 5.11 Å². The van der Waals surface area contributed by atoms with Crippen molar-refractivity contribution in [1.29, 1.82) is 0 Å². The summed E-state index contributed by atoms with van der Waals surface area (Å²) in [7, 11) is 0. The van der Waals surface area contributed by atoms with Gasteiger partial charge in [0.2, 0.25) is 0 Å². The van der Waals surface area contributed by atoms with Crippen LogP contribution in [-0.2, 0) is 0 Å². The molecule has 0 aromatic heterocycles. The largest absolute Gasteiger partial charge is 0.508 e. The van der Waals surface area contributed by atoms with Crippen LogP contribution in [0.3, 0.4) is 0 Å². The van der Waals surface area contributed by atoms with Crippen LogP contribution in [0.1, 0.15) is 12.5 Å². The predicted octanol–water partition coefficient (Wildman–Crippen LogP) is 2.13. The van der Waals surface area contributed by atoms with Gasteiger partial charge in [-0.2, -0.15) is 0 Å². The zero-order valence-electron chi connectivity index (χ0n) is 6.28. The Balaban J connectivity index is 3.12. The molecule has 2 heteroatoms. The molecule has 0 saturated carbocycles. The molecule has 0 amide bonds. The van der Waals surface area contributed by atoms with E-state index in [1.165, 1.54) is 18.2 Å². The van der Waals surface area contributed by atoms with Crippen LogP contribution in [0.2, 0.25) is 0 Å². The van der Waals surface area contributed by atoms with E-state index in [2.05, 4.69) is 0 Å². The van der Waals surface area contributed by atoms with E-state index in [0.717, 1.165) is 0 Å². The summed E-state index contributed by atoms with van der Waals surface area (Å²) in [6.07, 6.45) is 3.53. The Kier molecular flexibility index (Phi) is 2.16. The Hall–Kier alpha value is -1.44. The molecule has 0 aliphatic rings. The van der Waals surface area contributed by atoms with Gasteiger partial charge in [0.1, 0.15) is 11.5 Å². The number of aromatic hydroxyl groups is 2. The molecule has 1 aromatic rings. The van der Waals surface area contributed by atoms with Crippen molar-refractivity contribution in [2.75, 3.05) is 0 Å². The Morgan fingerprint density at radius 2 is 2.00 bits per heavy atom. The Bertz CT molecular complexity index is 277. The van der Waals surface area contributed by atoms with Crippen molar-refractivity contribution in [3.05, 3.63) is 29.8 Å². The maximum Gasteiger partial charge on any atom is 0.123 e. The summed E-state index contributed by atoms with van der Waals surface area (Å²) in [5.41, 5.74) is 0.632. The topological polar surface area (TPSA) is 40.5 Å². The van der Waals surface area contributed by atoms with E-state index in [-0.39, 0.29) is 11.5 Å². The van der Waals surface area contributed by atoms with Crippen molar-refractivity contribution in [2.45, 2.75) is 6.92 Å². The Morgan fingerprint density at radius 3 is 2.64 bits per heavy atom. The number of phenolic OH excluding ortho intramolecular Hbond substituents is 2. The van der Waals surface area contributed by atoms with E-state index in [0.29, 0.717) is 5.56 Å². The van der Waals surface area contributed by atoms with Crippen molar-refractivity contribution >= 4 is 6.08 Å². The average molecular weight is 150 g/mol. The second kappa shape index (κ2) is 3.10. The highest BCUT2D eigenvalue weighted by Crippen LogP contribution is 2.22.